The Morgan fingerprint density at radius 3 is 3.00 bits per heavy atom. The van der Waals surface area contributed by atoms with Crippen molar-refractivity contribution in [3.05, 3.63) is 11.6 Å². The molecule has 0 aromatic carbocycles. The number of carbonyl (C=O) groups is 1. The maximum Gasteiger partial charge on any atom is 0.192 e. The van der Waals surface area contributed by atoms with E-state index in [1.165, 1.54) is 12.8 Å². The summed E-state index contributed by atoms with van der Waals surface area (Å²) in [5.74, 6) is 0.382. The highest BCUT2D eigenvalue weighted by atomic mass is 16.3. The van der Waals surface area contributed by atoms with Gasteiger partial charge in [0.1, 0.15) is 5.60 Å². The van der Waals surface area contributed by atoms with E-state index in [9.17, 15) is 9.90 Å². The molecule has 1 N–H and O–H groups in total. The number of carbonyl (C=O) groups excluding carboxylic acids is 1. The molecule has 0 unspecified atom stereocenters. The van der Waals surface area contributed by atoms with Gasteiger partial charge in [0.25, 0.3) is 0 Å². The van der Waals surface area contributed by atoms with Gasteiger partial charge in [0.05, 0.1) is 0 Å². The van der Waals surface area contributed by atoms with E-state index in [0.29, 0.717) is 5.92 Å². The SMILES string of the molecule is CCCC[C@@H](C)/C=C1/CN2CCC[C@H]2[C@@](C)(O)C1=O. The van der Waals surface area contributed by atoms with Crippen LogP contribution in [0.25, 0.3) is 0 Å². The van der Waals surface area contributed by atoms with Crippen molar-refractivity contribution in [2.24, 2.45) is 5.92 Å². The molecule has 2 fully saturated rings. The number of fused-ring (bicyclic) bond motifs is 1. The molecule has 2 aliphatic heterocycles. The Bertz CT molecular complexity index is 373. The maximum absolute atomic E-state index is 12.5. The highest BCUT2D eigenvalue weighted by Crippen LogP contribution is 2.35. The lowest BCUT2D eigenvalue weighted by Gasteiger charge is -2.41. The number of unbranched alkanes of at least 4 members (excludes halogenated alkanes) is 1. The van der Waals surface area contributed by atoms with Crippen LogP contribution in [0.2, 0.25) is 0 Å². The van der Waals surface area contributed by atoms with Gasteiger partial charge in [-0.1, -0.05) is 32.8 Å². The summed E-state index contributed by atoms with van der Waals surface area (Å²) in [6, 6.07) is 0.0306. The van der Waals surface area contributed by atoms with Gasteiger partial charge in [-0.15, -0.1) is 0 Å². The molecule has 3 nitrogen and oxygen atoms in total. The number of hydrogen-bond donors (Lipinski definition) is 1. The zero-order valence-corrected chi connectivity index (χ0v) is 12.5. The molecule has 0 aromatic rings. The quantitative estimate of drug-likeness (QED) is 0.794. The Hall–Kier alpha value is -0.670. The molecule has 0 saturated carbocycles. The maximum atomic E-state index is 12.5. The van der Waals surface area contributed by atoms with E-state index in [2.05, 4.69) is 24.8 Å². The number of aliphatic hydroxyl groups is 1. The van der Waals surface area contributed by atoms with Crippen molar-refractivity contribution in [1.82, 2.24) is 4.90 Å². The van der Waals surface area contributed by atoms with Crippen LogP contribution in [0.15, 0.2) is 11.6 Å². The van der Waals surface area contributed by atoms with Crippen LogP contribution < -0.4 is 0 Å². The molecule has 0 bridgehead atoms. The van der Waals surface area contributed by atoms with Crippen LogP contribution >= 0.6 is 0 Å². The second kappa shape index (κ2) is 5.76. The second-order valence-electron chi connectivity index (χ2n) is 6.42. The minimum Gasteiger partial charge on any atom is -0.380 e. The summed E-state index contributed by atoms with van der Waals surface area (Å²) in [5, 5.41) is 10.5. The molecule has 3 heteroatoms. The topological polar surface area (TPSA) is 40.5 Å². The van der Waals surface area contributed by atoms with E-state index in [1.54, 1.807) is 6.92 Å². The van der Waals surface area contributed by atoms with Crippen LogP contribution in [0.1, 0.15) is 52.9 Å². The van der Waals surface area contributed by atoms with Crippen molar-refractivity contribution >= 4 is 5.78 Å². The average molecular weight is 265 g/mol. The van der Waals surface area contributed by atoms with Gasteiger partial charge in [-0.2, -0.15) is 0 Å². The molecule has 3 atom stereocenters. The highest BCUT2D eigenvalue weighted by molar-refractivity contribution is 6.03. The largest absolute Gasteiger partial charge is 0.380 e. The smallest absolute Gasteiger partial charge is 0.192 e. The summed E-state index contributed by atoms with van der Waals surface area (Å²) in [7, 11) is 0. The van der Waals surface area contributed by atoms with Gasteiger partial charge in [0, 0.05) is 18.2 Å². The van der Waals surface area contributed by atoms with Crippen molar-refractivity contribution < 1.29 is 9.90 Å². The van der Waals surface area contributed by atoms with Crippen molar-refractivity contribution in [2.45, 2.75) is 64.5 Å². The number of allylic oxidation sites excluding steroid dienone is 1. The summed E-state index contributed by atoms with van der Waals surface area (Å²) in [4.78, 5) is 14.7. The van der Waals surface area contributed by atoms with E-state index in [4.69, 9.17) is 0 Å². The zero-order valence-electron chi connectivity index (χ0n) is 12.5. The Labute approximate surface area is 116 Å². The van der Waals surface area contributed by atoms with E-state index >= 15 is 0 Å². The van der Waals surface area contributed by atoms with Crippen molar-refractivity contribution in [3.8, 4) is 0 Å². The third-order valence-corrected chi connectivity index (χ3v) is 4.64. The monoisotopic (exact) mass is 265 g/mol. The van der Waals surface area contributed by atoms with Crippen LogP contribution in [0.5, 0.6) is 0 Å². The number of hydrogen-bond acceptors (Lipinski definition) is 3. The first-order valence-corrected chi connectivity index (χ1v) is 7.68. The molecule has 0 radical (unpaired) electrons. The summed E-state index contributed by atoms with van der Waals surface area (Å²) >= 11 is 0. The molecule has 2 saturated heterocycles. The molecule has 2 heterocycles. The first-order chi connectivity index (χ1) is 8.96. The fraction of sp³-hybridized carbons (Fsp3) is 0.812. The van der Waals surface area contributed by atoms with E-state index in [-0.39, 0.29) is 11.8 Å². The molecule has 2 rings (SSSR count). The van der Waals surface area contributed by atoms with Crippen LogP contribution in [0.3, 0.4) is 0 Å². The third kappa shape index (κ3) is 2.92. The van der Waals surface area contributed by atoms with Crippen LogP contribution in [0, 0.1) is 5.92 Å². The minimum atomic E-state index is -1.19. The first-order valence-electron chi connectivity index (χ1n) is 7.68. The molecule has 0 aliphatic carbocycles. The summed E-state index contributed by atoms with van der Waals surface area (Å²) in [6.07, 6.45) is 7.64. The fourth-order valence-electron chi connectivity index (χ4n) is 3.50. The van der Waals surface area contributed by atoms with E-state index in [1.807, 2.05) is 0 Å². The predicted molar refractivity (Wildman–Crippen MR) is 77.0 cm³/mol. The molecular formula is C16H27NO2. The Balaban J connectivity index is 2.13. The standard InChI is InChI=1S/C16H27NO2/c1-4-5-7-12(2)10-13-11-17-9-6-8-14(17)16(3,19)15(13)18/h10,12,14,19H,4-9,11H2,1-3H3/b13-10-/t12-,14+,16-/m1/s1. The first kappa shape index (κ1) is 14.7. The lowest BCUT2D eigenvalue weighted by Crippen LogP contribution is -2.58. The number of rotatable bonds is 4. The highest BCUT2D eigenvalue weighted by Gasteiger charge is 2.49. The Morgan fingerprint density at radius 1 is 1.58 bits per heavy atom. The number of nitrogens with zero attached hydrogens (tertiary/aromatic N) is 1. The average Bonchev–Trinajstić information content (AvgIpc) is 2.82. The molecule has 19 heavy (non-hydrogen) atoms. The molecule has 0 amide bonds. The lowest BCUT2D eigenvalue weighted by atomic mass is 9.81. The summed E-state index contributed by atoms with van der Waals surface area (Å²) in [5.41, 5.74) is -0.364. The number of piperidine rings is 1. The number of ketones is 1. The number of Topliss-reactive ketones (excluding diaryl/α,β-unsaturated/α-hetero) is 1. The van der Waals surface area contributed by atoms with Crippen molar-refractivity contribution in [2.75, 3.05) is 13.1 Å². The van der Waals surface area contributed by atoms with Gasteiger partial charge in [0.2, 0.25) is 0 Å². The summed E-state index contributed by atoms with van der Waals surface area (Å²) in [6.45, 7) is 7.79. The molecule has 108 valence electrons. The normalized spacial score (nSPS) is 35.7. The van der Waals surface area contributed by atoms with Gasteiger partial charge in [-0.25, -0.2) is 0 Å². The van der Waals surface area contributed by atoms with E-state index < -0.39 is 5.60 Å². The Kier molecular flexibility index (Phi) is 4.46. The van der Waals surface area contributed by atoms with Gasteiger partial charge in [-0.05, 0) is 38.6 Å². The van der Waals surface area contributed by atoms with Gasteiger partial charge in [-0.3, -0.25) is 9.69 Å². The molecule has 2 aliphatic rings. The minimum absolute atomic E-state index is 0.0306. The lowest BCUT2D eigenvalue weighted by molar-refractivity contribution is -0.141. The fourth-order valence-corrected chi connectivity index (χ4v) is 3.50. The van der Waals surface area contributed by atoms with Crippen LogP contribution in [-0.4, -0.2) is 40.5 Å². The van der Waals surface area contributed by atoms with Crippen LogP contribution in [-0.2, 0) is 4.79 Å². The van der Waals surface area contributed by atoms with Gasteiger partial charge >= 0.3 is 0 Å². The molecular weight excluding hydrogens is 238 g/mol. The summed E-state index contributed by atoms with van der Waals surface area (Å²) < 4.78 is 0. The second-order valence-corrected chi connectivity index (χ2v) is 6.42. The van der Waals surface area contributed by atoms with E-state index in [0.717, 1.165) is 37.9 Å². The van der Waals surface area contributed by atoms with Crippen molar-refractivity contribution in [3.63, 3.8) is 0 Å². The van der Waals surface area contributed by atoms with Crippen LogP contribution in [0.4, 0.5) is 0 Å². The third-order valence-electron chi connectivity index (χ3n) is 4.64. The van der Waals surface area contributed by atoms with Gasteiger partial charge < -0.3 is 5.11 Å². The Morgan fingerprint density at radius 2 is 2.32 bits per heavy atom. The predicted octanol–water partition coefficient (Wildman–Crippen LogP) is 2.54. The molecule has 0 spiro atoms. The molecule has 0 aromatic heterocycles. The van der Waals surface area contributed by atoms with Crippen molar-refractivity contribution in [1.29, 1.82) is 0 Å². The van der Waals surface area contributed by atoms with Gasteiger partial charge in [0.15, 0.2) is 5.78 Å². The zero-order chi connectivity index (χ0) is 14.0.